The minimum absolute atomic E-state index is 0.0486. The summed E-state index contributed by atoms with van der Waals surface area (Å²) in [6.45, 7) is 0.703. The molecular weight excluding hydrogens is 495 g/mol. The van der Waals surface area contributed by atoms with Crippen LogP contribution in [-0.4, -0.2) is 64.7 Å². The number of nitrogens with one attached hydrogen (secondary N) is 1. The molecule has 2 aliphatic carbocycles. The van der Waals surface area contributed by atoms with Crippen molar-refractivity contribution >= 4 is 15.9 Å². The lowest BCUT2D eigenvalue weighted by Gasteiger charge is -2.40. The fourth-order valence-electron chi connectivity index (χ4n) is 5.02. The zero-order valence-electron chi connectivity index (χ0n) is 19.8. The number of rotatable bonds is 7. The number of nitrogens with zero attached hydrogens (tertiary/aromatic N) is 2. The summed E-state index contributed by atoms with van der Waals surface area (Å²) in [5.74, 6) is -5.15. The Balaban J connectivity index is 1.52. The molecule has 1 aliphatic heterocycles. The Morgan fingerprint density at radius 3 is 2.50 bits per heavy atom. The molecule has 194 valence electrons. The fourth-order valence-corrected chi connectivity index (χ4v) is 6.65. The van der Waals surface area contributed by atoms with E-state index >= 15 is 13.2 Å². The number of aliphatic hydroxyl groups is 1. The lowest BCUT2D eigenvalue weighted by atomic mass is 9.79. The molecule has 0 bridgehead atoms. The molecule has 0 spiro atoms. The fraction of sp³-hybridized carbons (Fsp3) is 0.520. The van der Waals surface area contributed by atoms with Crippen molar-refractivity contribution in [1.29, 1.82) is 0 Å². The van der Waals surface area contributed by atoms with Crippen LogP contribution < -0.4 is 4.72 Å². The van der Waals surface area contributed by atoms with Crippen LogP contribution in [-0.2, 0) is 21.2 Å². The SMILES string of the molecule is Cc1cccc(-c2cccc(C[C@H]3[C@@H](NS(=O)(=O)C4CC4)C(F)(F)CN3C(=O)C3(O)CCC3)c2F)n1. The van der Waals surface area contributed by atoms with Crippen molar-refractivity contribution < 1.29 is 31.5 Å². The summed E-state index contributed by atoms with van der Waals surface area (Å²) in [5.41, 5.74) is -0.495. The molecule has 11 heteroatoms. The zero-order valence-corrected chi connectivity index (χ0v) is 20.6. The van der Waals surface area contributed by atoms with E-state index in [-0.39, 0.29) is 30.4 Å². The monoisotopic (exact) mass is 523 g/mol. The molecule has 1 amide bonds. The van der Waals surface area contributed by atoms with Gasteiger partial charge in [-0.3, -0.25) is 9.78 Å². The number of hydrogen-bond acceptors (Lipinski definition) is 5. The van der Waals surface area contributed by atoms with Crippen LogP contribution in [0.15, 0.2) is 36.4 Å². The molecule has 3 fully saturated rings. The Hall–Kier alpha value is -2.50. The van der Waals surface area contributed by atoms with E-state index in [0.717, 1.165) is 4.90 Å². The number of sulfonamides is 1. The van der Waals surface area contributed by atoms with Crippen LogP contribution in [0.1, 0.15) is 43.4 Å². The van der Waals surface area contributed by atoms with Gasteiger partial charge in [0.2, 0.25) is 10.0 Å². The van der Waals surface area contributed by atoms with Gasteiger partial charge in [0.1, 0.15) is 17.5 Å². The van der Waals surface area contributed by atoms with E-state index in [1.54, 1.807) is 31.2 Å². The number of aromatic nitrogens is 1. The molecule has 2 heterocycles. The van der Waals surface area contributed by atoms with Crippen LogP contribution in [0.25, 0.3) is 11.3 Å². The molecule has 7 nitrogen and oxygen atoms in total. The number of hydrogen-bond donors (Lipinski definition) is 2. The van der Waals surface area contributed by atoms with E-state index < -0.39 is 57.1 Å². The van der Waals surface area contributed by atoms with Gasteiger partial charge in [-0.05, 0) is 69.2 Å². The topological polar surface area (TPSA) is 99.6 Å². The van der Waals surface area contributed by atoms with Gasteiger partial charge in [-0.25, -0.2) is 26.3 Å². The highest BCUT2D eigenvalue weighted by Crippen LogP contribution is 2.41. The first kappa shape index (κ1) is 25.2. The van der Waals surface area contributed by atoms with Crippen molar-refractivity contribution in [3.63, 3.8) is 0 Å². The number of halogens is 3. The molecule has 1 aromatic carbocycles. The van der Waals surface area contributed by atoms with Gasteiger partial charge >= 0.3 is 0 Å². The Kier molecular flexibility index (Phi) is 6.16. The summed E-state index contributed by atoms with van der Waals surface area (Å²) in [6, 6.07) is 6.31. The lowest BCUT2D eigenvalue weighted by Crippen LogP contribution is -2.57. The predicted octanol–water partition coefficient (Wildman–Crippen LogP) is 2.95. The molecule has 0 radical (unpaired) electrons. The minimum Gasteiger partial charge on any atom is -0.380 e. The van der Waals surface area contributed by atoms with E-state index in [1.807, 2.05) is 0 Å². The molecule has 2 aromatic rings. The average Bonchev–Trinajstić information content (AvgIpc) is 3.62. The molecule has 1 saturated heterocycles. The van der Waals surface area contributed by atoms with Crippen LogP contribution in [0.2, 0.25) is 0 Å². The second kappa shape index (κ2) is 8.81. The summed E-state index contributed by atoms with van der Waals surface area (Å²) < 4.78 is 73.6. The van der Waals surface area contributed by atoms with Gasteiger partial charge in [-0.2, -0.15) is 0 Å². The molecule has 36 heavy (non-hydrogen) atoms. The van der Waals surface area contributed by atoms with Gasteiger partial charge < -0.3 is 10.0 Å². The maximum atomic E-state index is 15.7. The predicted molar refractivity (Wildman–Crippen MR) is 126 cm³/mol. The first-order chi connectivity index (χ1) is 16.9. The average molecular weight is 524 g/mol. The number of alkyl halides is 2. The van der Waals surface area contributed by atoms with Crippen molar-refractivity contribution in [1.82, 2.24) is 14.6 Å². The molecule has 2 saturated carbocycles. The Labute approximate surface area is 207 Å². The summed E-state index contributed by atoms with van der Waals surface area (Å²) in [6.07, 6.45) is 1.25. The zero-order chi connectivity index (χ0) is 25.9. The Morgan fingerprint density at radius 1 is 1.19 bits per heavy atom. The van der Waals surface area contributed by atoms with E-state index in [0.29, 0.717) is 30.7 Å². The Morgan fingerprint density at radius 2 is 1.89 bits per heavy atom. The van der Waals surface area contributed by atoms with Gasteiger partial charge in [-0.1, -0.05) is 18.2 Å². The van der Waals surface area contributed by atoms with Crippen LogP contribution in [0, 0.1) is 12.7 Å². The second-order valence-corrected chi connectivity index (χ2v) is 12.1. The largest absolute Gasteiger partial charge is 0.380 e. The number of benzene rings is 1. The van der Waals surface area contributed by atoms with Gasteiger partial charge in [0, 0.05) is 11.3 Å². The standard InChI is InChI=1S/C25H28F3N3O4S/c1-15-5-2-8-19(29-15)18-7-3-6-16(21(18)26)13-20-22(30-36(34,35)17-9-10-17)25(27,28)14-31(20)23(32)24(33)11-4-12-24/h2-3,5-8,17,20,22,30,33H,4,9-14H2,1H3/t20-,22+/m0/s1. The van der Waals surface area contributed by atoms with Gasteiger partial charge in [0.25, 0.3) is 11.8 Å². The summed E-state index contributed by atoms with van der Waals surface area (Å²) in [4.78, 5) is 18.3. The first-order valence-electron chi connectivity index (χ1n) is 12.1. The van der Waals surface area contributed by atoms with E-state index in [1.165, 1.54) is 12.1 Å². The third-order valence-corrected chi connectivity index (χ3v) is 9.32. The molecule has 5 rings (SSSR count). The van der Waals surface area contributed by atoms with Crippen molar-refractivity contribution in [3.8, 4) is 11.3 Å². The van der Waals surface area contributed by atoms with Crippen molar-refractivity contribution in [2.45, 2.75) is 74.3 Å². The minimum atomic E-state index is -4.04. The van der Waals surface area contributed by atoms with E-state index in [4.69, 9.17) is 0 Å². The first-order valence-corrected chi connectivity index (χ1v) is 13.6. The molecule has 3 aliphatic rings. The van der Waals surface area contributed by atoms with Gasteiger partial charge in [-0.15, -0.1) is 0 Å². The van der Waals surface area contributed by atoms with Crippen LogP contribution >= 0.6 is 0 Å². The molecule has 0 unspecified atom stereocenters. The van der Waals surface area contributed by atoms with Crippen molar-refractivity contribution in [3.05, 3.63) is 53.5 Å². The number of carbonyl (C=O) groups excluding carboxylic acids is 1. The number of carbonyl (C=O) groups is 1. The number of amides is 1. The highest BCUT2D eigenvalue weighted by molar-refractivity contribution is 7.90. The highest BCUT2D eigenvalue weighted by atomic mass is 32.2. The Bertz CT molecular complexity index is 1300. The summed E-state index contributed by atoms with van der Waals surface area (Å²) >= 11 is 0. The van der Waals surface area contributed by atoms with Crippen molar-refractivity contribution in [2.75, 3.05) is 6.54 Å². The van der Waals surface area contributed by atoms with Crippen molar-refractivity contribution in [2.24, 2.45) is 0 Å². The second-order valence-electron chi connectivity index (χ2n) is 10.1. The van der Waals surface area contributed by atoms with Crippen LogP contribution in [0.5, 0.6) is 0 Å². The van der Waals surface area contributed by atoms with E-state index in [2.05, 4.69) is 9.71 Å². The molecule has 2 N–H and O–H groups in total. The maximum absolute atomic E-state index is 15.7. The smallest absolute Gasteiger partial charge is 0.283 e. The molecular formula is C25H28F3N3O4S. The quantitative estimate of drug-likeness (QED) is 0.582. The van der Waals surface area contributed by atoms with E-state index in [9.17, 15) is 18.3 Å². The number of pyridine rings is 1. The third-order valence-electron chi connectivity index (χ3n) is 7.39. The number of likely N-dealkylation sites (tertiary alicyclic amines) is 1. The van der Waals surface area contributed by atoms with Crippen LogP contribution in [0.3, 0.4) is 0 Å². The normalized spacial score (nSPS) is 25.0. The molecule has 2 atom stereocenters. The summed E-state index contributed by atoms with van der Waals surface area (Å²) in [5, 5.41) is 9.88. The molecule has 1 aromatic heterocycles. The number of aryl methyl sites for hydroxylation is 1. The summed E-state index contributed by atoms with van der Waals surface area (Å²) in [7, 11) is -4.04. The maximum Gasteiger partial charge on any atom is 0.283 e. The van der Waals surface area contributed by atoms with Crippen LogP contribution in [0.4, 0.5) is 13.2 Å². The lowest BCUT2D eigenvalue weighted by molar-refractivity contribution is -0.162. The van der Waals surface area contributed by atoms with Gasteiger partial charge in [0.05, 0.1) is 23.5 Å². The van der Waals surface area contributed by atoms with Gasteiger partial charge in [0.15, 0.2) is 0 Å². The highest BCUT2D eigenvalue weighted by Gasteiger charge is 2.60. The third kappa shape index (κ3) is 4.52.